The minimum atomic E-state index is -0.356. The fourth-order valence-electron chi connectivity index (χ4n) is 4.06. The van der Waals surface area contributed by atoms with Gasteiger partial charge in [0.1, 0.15) is 5.00 Å². The summed E-state index contributed by atoms with van der Waals surface area (Å²) in [6, 6.07) is 8.18. The number of esters is 1. The lowest BCUT2D eigenvalue weighted by atomic mass is 9.84. The first-order valence-corrected chi connectivity index (χ1v) is 10.7. The van der Waals surface area contributed by atoms with Crippen molar-refractivity contribution in [3.8, 4) is 10.4 Å². The molecule has 0 fully saturated rings. The van der Waals surface area contributed by atoms with Crippen molar-refractivity contribution in [3.63, 3.8) is 0 Å². The molecule has 0 saturated heterocycles. The van der Waals surface area contributed by atoms with Crippen LogP contribution in [0.3, 0.4) is 0 Å². The lowest BCUT2D eigenvalue weighted by Gasteiger charge is -2.22. The standard InChI is InChI=1S/C23H29NO3S/c1-6-27-22(26)19-17-12-15-9-7-8-10-16(15)20(17)28-21(19)24-18(25)11-14(2)13-23(3,4)5/h7-10,14H,6,11-13H2,1-5H3,(H,24,25)/t14-/m1/s1. The van der Waals surface area contributed by atoms with Crippen LogP contribution in [0.15, 0.2) is 24.3 Å². The molecule has 0 bridgehead atoms. The maximum absolute atomic E-state index is 12.7. The second kappa shape index (κ2) is 8.08. The predicted octanol–water partition coefficient (Wildman–Crippen LogP) is 5.90. The molecule has 28 heavy (non-hydrogen) atoms. The number of ether oxygens (including phenoxy) is 1. The average molecular weight is 400 g/mol. The molecule has 1 aliphatic rings. The first kappa shape index (κ1) is 20.6. The summed E-state index contributed by atoms with van der Waals surface area (Å²) in [6.45, 7) is 10.8. The summed E-state index contributed by atoms with van der Waals surface area (Å²) in [5.41, 5.74) is 4.04. The Morgan fingerprint density at radius 2 is 1.96 bits per heavy atom. The van der Waals surface area contributed by atoms with Gasteiger partial charge in [-0.25, -0.2) is 4.79 Å². The van der Waals surface area contributed by atoms with Crippen molar-refractivity contribution in [1.82, 2.24) is 0 Å². The molecule has 0 radical (unpaired) electrons. The molecule has 1 aliphatic carbocycles. The number of fused-ring (bicyclic) bond motifs is 3. The Hall–Kier alpha value is -2.14. The quantitative estimate of drug-likeness (QED) is 0.525. The molecule has 0 aliphatic heterocycles. The van der Waals surface area contributed by atoms with Crippen LogP contribution in [0.25, 0.3) is 10.4 Å². The molecule has 4 nitrogen and oxygen atoms in total. The Kier molecular flexibility index (Phi) is 5.94. The molecule has 1 amide bonds. The Morgan fingerprint density at radius 1 is 1.25 bits per heavy atom. The fourth-order valence-corrected chi connectivity index (χ4v) is 5.34. The zero-order chi connectivity index (χ0) is 20.5. The van der Waals surface area contributed by atoms with Crippen LogP contribution in [-0.4, -0.2) is 18.5 Å². The minimum absolute atomic E-state index is 0.0458. The smallest absolute Gasteiger partial charge is 0.341 e. The Bertz CT molecular complexity index is 892. The van der Waals surface area contributed by atoms with Crippen LogP contribution in [0, 0.1) is 11.3 Å². The van der Waals surface area contributed by atoms with E-state index < -0.39 is 0 Å². The van der Waals surface area contributed by atoms with Gasteiger partial charge in [0.05, 0.1) is 12.2 Å². The van der Waals surface area contributed by atoms with Gasteiger partial charge in [0, 0.05) is 17.7 Å². The van der Waals surface area contributed by atoms with Gasteiger partial charge in [-0.05, 0) is 41.4 Å². The maximum Gasteiger partial charge on any atom is 0.341 e. The molecule has 2 aromatic rings. The van der Waals surface area contributed by atoms with Crippen LogP contribution in [0.2, 0.25) is 0 Å². The third-order valence-corrected chi connectivity index (χ3v) is 6.04. The van der Waals surface area contributed by atoms with E-state index in [9.17, 15) is 9.59 Å². The highest BCUT2D eigenvalue weighted by atomic mass is 32.1. The van der Waals surface area contributed by atoms with Crippen molar-refractivity contribution < 1.29 is 14.3 Å². The van der Waals surface area contributed by atoms with E-state index >= 15 is 0 Å². The Morgan fingerprint density at radius 3 is 2.64 bits per heavy atom. The second-order valence-corrected chi connectivity index (χ2v) is 9.81. The number of carbonyl (C=O) groups excluding carboxylic acids is 2. The van der Waals surface area contributed by atoms with Gasteiger partial charge in [-0.2, -0.15) is 0 Å². The Labute approximate surface area is 171 Å². The van der Waals surface area contributed by atoms with E-state index in [1.807, 2.05) is 12.1 Å². The van der Waals surface area contributed by atoms with E-state index in [2.05, 4.69) is 45.1 Å². The highest BCUT2D eigenvalue weighted by Gasteiger charge is 2.31. The van der Waals surface area contributed by atoms with E-state index in [-0.39, 0.29) is 23.2 Å². The van der Waals surface area contributed by atoms with E-state index in [1.54, 1.807) is 6.92 Å². The van der Waals surface area contributed by atoms with Crippen LogP contribution in [0.1, 0.15) is 68.9 Å². The summed E-state index contributed by atoms with van der Waals surface area (Å²) in [6.07, 6.45) is 2.12. The van der Waals surface area contributed by atoms with Gasteiger partial charge in [0.15, 0.2) is 0 Å². The summed E-state index contributed by atoms with van der Waals surface area (Å²) in [5.74, 6) is -0.125. The molecule has 3 rings (SSSR count). The van der Waals surface area contributed by atoms with E-state index in [1.165, 1.54) is 16.9 Å². The number of benzene rings is 1. The monoisotopic (exact) mass is 399 g/mol. The molecule has 0 saturated carbocycles. The zero-order valence-corrected chi connectivity index (χ0v) is 18.2. The van der Waals surface area contributed by atoms with Crippen molar-refractivity contribution in [2.24, 2.45) is 11.3 Å². The number of carbonyl (C=O) groups is 2. The molecule has 1 atom stereocenters. The SMILES string of the molecule is CCOC(=O)c1c(NC(=O)C[C@@H](C)CC(C)(C)C)sc2c1Cc1ccccc1-2. The summed E-state index contributed by atoms with van der Waals surface area (Å²) >= 11 is 1.48. The van der Waals surface area contributed by atoms with Gasteiger partial charge in [-0.3, -0.25) is 4.79 Å². The van der Waals surface area contributed by atoms with Crippen molar-refractivity contribution >= 4 is 28.2 Å². The molecule has 0 spiro atoms. The number of hydrogen-bond donors (Lipinski definition) is 1. The van der Waals surface area contributed by atoms with Gasteiger partial charge >= 0.3 is 5.97 Å². The van der Waals surface area contributed by atoms with Crippen LogP contribution >= 0.6 is 11.3 Å². The predicted molar refractivity (Wildman–Crippen MR) is 115 cm³/mol. The molecule has 150 valence electrons. The fraction of sp³-hybridized carbons (Fsp3) is 0.478. The molecule has 1 N–H and O–H groups in total. The van der Waals surface area contributed by atoms with E-state index in [4.69, 9.17) is 4.74 Å². The molecule has 1 aromatic carbocycles. The minimum Gasteiger partial charge on any atom is -0.462 e. The van der Waals surface area contributed by atoms with Crippen LogP contribution in [0.4, 0.5) is 5.00 Å². The van der Waals surface area contributed by atoms with Crippen molar-refractivity contribution in [1.29, 1.82) is 0 Å². The first-order chi connectivity index (χ1) is 13.2. The van der Waals surface area contributed by atoms with Crippen molar-refractivity contribution in [2.75, 3.05) is 11.9 Å². The number of anilines is 1. The van der Waals surface area contributed by atoms with Crippen LogP contribution in [0.5, 0.6) is 0 Å². The second-order valence-electron chi connectivity index (χ2n) is 8.79. The third kappa shape index (κ3) is 4.46. The molecular weight excluding hydrogens is 370 g/mol. The molecule has 1 aromatic heterocycles. The highest BCUT2D eigenvalue weighted by Crippen LogP contribution is 2.47. The highest BCUT2D eigenvalue weighted by molar-refractivity contribution is 7.20. The topological polar surface area (TPSA) is 55.4 Å². The summed E-state index contributed by atoms with van der Waals surface area (Å²) in [4.78, 5) is 26.4. The lowest BCUT2D eigenvalue weighted by Crippen LogP contribution is -2.20. The van der Waals surface area contributed by atoms with Gasteiger partial charge in [-0.15, -0.1) is 11.3 Å². The van der Waals surface area contributed by atoms with Crippen molar-refractivity contribution in [3.05, 3.63) is 41.0 Å². The largest absolute Gasteiger partial charge is 0.462 e. The van der Waals surface area contributed by atoms with Gasteiger partial charge in [-0.1, -0.05) is 52.0 Å². The van der Waals surface area contributed by atoms with Gasteiger partial charge in [0.2, 0.25) is 5.91 Å². The molecular formula is C23H29NO3S. The summed E-state index contributed by atoms with van der Waals surface area (Å²) in [5, 5.41) is 3.62. The van der Waals surface area contributed by atoms with Crippen LogP contribution < -0.4 is 5.32 Å². The number of hydrogen-bond acceptors (Lipinski definition) is 4. The number of thiophene rings is 1. The van der Waals surface area contributed by atoms with Crippen molar-refractivity contribution in [2.45, 2.75) is 53.9 Å². The summed E-state index contributed by atoms with van der Waals surface area (Å²) < 4.78 is 5.30. The lowest BCUT2D eigenvalue weighted by molar-refractivity contribution is -0.117. The summed E-state index contributed by atoms with van der Waals surface area (Å²) in [7, 11) is 0. The maximum atomic E-state index is 12.7. The number of rotatable bonds is 6. The number of nitrogens with one attached hydrogen (secondary N) is 1. The molecule has 0 unspecified atom stereocenters. The average Bonchev–Trinajstić information content (AvgIpc) is 3.08. The third-order valence-electron chi connectivity index (χ3n) is 4.86. The van der Waals surface area contributed by atoms with Crippen LogP contribution in [-0.2, 0) is 16.0 Å². The van der Waals surface area contributed by atoms with Gasteiger partial charge < -0.3 is 10.1 Å². The number of amides is 1. The normalized spacial score (nSPS) is 13.6. The first-order valence-electron chi connectivity index (χ1n) is 9.90. The Balaban J connectivity index is 1.85. The van der Waals surface area contributed by atoms with E-state index in [0.29, 0.717) is 30.0 Å². The molecule has 5 heteroatoms. The van der Waals surface area contributed by atoms with E-state index in [0.717, 1.165) is 22.4 Å². The zero-order valence-electron chi connectivity index (χ0n) is 17.3. The van der Waals surface area contributed by atoms with Gasteiger partial charge in [0.25, 0.3) is 0 Å². The molecule has 1 heterocycles.